The molecule has 0 saturated carbocycles. The van der Waals surface area contributed by atoms with Crippen LogP contribution in [0.25, 0.3) is 0 Å². The van der Waals surface area contributed by atoms with Crippen LogP contribution in [0, 0.1) is 11.3 Å². The predicted molar refractivity (Wildman–Crippen MR) is 84.9 cm³/mol. The fraction of sp³-hybridized carbons (Fsp3) is 0.294. The molecule has 2 N–H and O–H groups in total. The van der Waals surface area contributed by atoms with Gasteiger partial charge in [-0.2, -0.15) is 5.26 Å². The monoisotopic (exact) mass is 330 g/mol. The molecule has 0 bridgehead atoms. The molecular formula is C17H18N2O5. The number of ether oxygens (including phenoxy) is 4. The first-order chi connectivity index (χ1) is 11.5. The molecule has 0 amide bonds. The summed E-state index contributed by atoms with van der Waals surface area (Å²) in [6, 6.07) is 7.13. The van der Waals surface area contributed by atoms with Gasteiger partial charge in [0.2, 0.25) is 5.88 Å². The van der Waals surface area contributed by atoms with E-state index in [0.29, 0.717) is 17.1 Å². The Morgan fingerprint density at radius 2 is 1.92 bits per heavy atom. The number of hydrogen-bond acceptors (Lipinski definition) is 7. The Morgan fingerprint density at radius 3 is 2.46 bits per heavy atom. The smallest absolute Gasteiger partial charge is 0.338 e. The number of nitriles is 1. The van der Waals surface area contributed by atoms with Gasteiger partial charge in [-0.15, -0.1) is 0 Å². The Balaban J connectivity index is 2.67. The Kier molecular flexibility index (Phi) is 4.99. The SMILES string of the molecule is COC(=O)C1=C(C)OC(N)=C(C#N)[C@@H]1c1ccc(OC)c(OC)c1. The Morgan fingerprint density at radius 1 is 1.25 bits per heavy atom. The number of carbonyl (C=O) groups is 1. The zero-order chi connectivity index (χ0) is 17.9. The standard InChI is InChI=1S/C17H18N2O5/c1-9-14(17(20)23-4)15(11(8-18)16(19)24-9)10-5-6-12(21-2)13(7-10)22-3/h5-7,15H,19H2,1-4H3/t15-/m0/s1. The molecule has 126 valence electrons. The van der Waals surface area contributed by atoms with Gasteiger partial charge < -0.3 is 24.7 Å². The molecule has 1 atom stereocenters. The normalized spacial score (nSPS) is 17.0. The fourth-order valence-electron chi connectivity index (χ4n) is 2.62. The lowest BCUT2D eigenvalue weighted by atomic mass is 9.83. The third kappa shape index (κ3) is 2.86. The molecule has 24 heavy (non-hydrogen) atoms. The Bertz CT molecular complexity index is 774. The number of esters is 1. The summed E-state index contributed by atoms with van der Waals surface area (Å²) in [6.45, 7) is 1.60. The highest BCUT2D eigenvalue weighted by Crippen LogP contribution is 2.41. The van der Waals surface area contributed by atoms with Crippen molar-refractivity contribution in [2.45, 2.75) is 12.8 Å². The number of nitrogens with zero attached hydrogens (tertiary/aromatic N) is 1. The molecule has 0 saturated heterocycles. The predicted octanol–water partition coefficient (Wildman–Crippen LogP) is 1.96. The highest BCUT2D eigenvalue weighted by molar-refractivity contribution is 5.92. The first kappa shape index (κ1) is 17.2. The van der Waals surface area contributed by atoms with Crippen molar-refractivity contribution in [1.29, 1.82) is 5.26 Å². The molecule has 7 heteroatoms. The van der Waals surface area contributed by atoms with Gasteiger partial charge in [0.1, 0.15) is 17.4 Å². The number of allylic oxidation sites excluding steroid dienone is 2. The molecule has 1 aromatic carbocycles. The second-order valence-corrected chi connectivity index (χ2v) is 5.00. The van der Waals surface area contributed by atoms with E-state index < -0.39 is 11.9 Å². The van der Waals surface area contributed by atoms with Crippen molar-refractivity contribution in [2.75, 3.05) is 21.3 Å². The van der Waals surface area contributed by atoms with E-state index >= 15 is 0 Å². The Labute approximate surface area is 139 Å². The van der Waals surface area contributed by atoms with Gasteiger partial charge in [-0.05, 0) is 24.6 Å². The maximum atomic E-state index is 12.2. The second kappa shape index (κ2) is 6.96. The van der Waals surface area contributed by atoms with Crippen molar-refractivity contribution in [2.24, 2.45) is 5.73 Å². The number of rotatable bonds is 4. The van der Waals surface area contributed by atoms with Crippen LogP contribution in [0.15, 0.2) is 41.0 Å². The summed E-state index contributed by atoms with van der Waals surface area (Å²) >= 11 is 0. The van der Waals surface area contributed by atoms with Crippen LogP contribution in [0.1, 0.15) is 18.4 Å². The Hall–Kier alpha value is -3.14. The summed E-state index contributed by atoms with van der Waals surface area (Å²) in [5.74, 6) is -0.0487. The zero-order valence-electron chi connectivity index (χ0n) is 13.9. The van der Waals surface area contributed by atoms with E-state index in [0.717, 1.165) is 0 Å². The molecular weight excluding hydrogens is 312 g/mol. The van der Waals surface area contributed by atoms with E-state index in [-0.39, 0.29) is 22.8 Å². The summed E-state index contributed by atoms with van der Waals surface area (Å²) in [7, 11) is 4.29. The molecule has 2 rings (SSSR count). The van der Waals surface area contributed by atoms with E-state index in [2.05, 4.69) is 0 Å². The van der Waals surface area contributed by atoms with E-state index in [9.17, 15) is 10.1 Å². The lowest BCUT2D eigenvalue weighted by molar-refractivity contribution is -0.136. The minimum Gasteiger partial charge on any atom is -0.493 e. The first-order valence-electron chi connectivity index (χ1n) is 7.07. The number of nitrogens with two attached hydrogens (primary N) is 1. The zero-order valence-corrected chi connectivity index (χ0v) is 13.9. The largest absolute Gasteiger partial charge is 0.493 e. The topological polar surface area (TPSA) is 104 Å². The van der Waals surface area contributed by atoms with Gasteiger partial charge in [0, 0.05) is 0 Å². The molecule has 7 nitrogen and oxygen atoms in total. The van der Waals surface area contributed by atoms with Crippen LogP contribution in [0.2, 0.25) is 0 Å². The molecule has 1 heterocycles. The van der Waals surface area contributed by atoms with Gasteiger partial charge in [-0.25, -0.2) is 4.79 Å². The highest BCUT2D eigenvalue weighted by atomic mass is 16.5. The summed E-state index contributed by atoms with van der Waals surface area (Å²) in [6.07, 6.45) is 0. The van der Waals surface area contributed by atoms with Crippen molar-refractivity contribution in [3.05, 3.63) is 46.6 Å². The third-order valence-corrected chi connectivity index (χ3v) is 3.75. The molecule has 0 fully saturated rings. The summed E-state index contributed by atoms with van der Waals surface area (Å²) in [4.78, 5) is 12.2. The van der Waals surface area contributed by atoms with E-state index in [4.69, 9.17) is 24.7 Å². The van der Waals surface area contributed by atoms with Crippen molar-refractivity contribution in [3.8, 4) is 17.6 Å². The number of carbonyl (C=O) groups excluding carboxylic acids is 1. The minimum absolute atomic E-state index is 0.0394. The average Bonchev–Trinajstić information content (AvgIpc) is 2.59. The van der Waals surface area contributed by atoms with E-state index in [1.165, 1.54) is 21.3 Å². The van der Waals surface area contributed by atoms with Crippen molar-refractivity contribution in [3.63, 3.8) is 0 Å². The van der Waals surface area contributed by atoms with Gasteiger partial charge >= 0.3 is 5.97 Å². The average molecular weight is 330 g/mol. The van der Waals surface area contributed by atoms with Crippen LogP contribution in [0.3, 0.4) is 0 Å². The van der Waals surface area contributed by atoms with Crippen LogP contribution in [-0.4, -0.2) is 27.3 Å². The quantitative estimate of drug-likeness (QED) is 0.841. The van der Waals surface area contributed by atoms with E-state index in [1.54, 1.807) is 25.1 Å². The van der Waals surface area contributed by atoms with Crippen LogP contribution in [-0.2, 0) is 14.3 Å². The van der Waals surface area contributed by atoms with Crippen LogP contribution in [0.5, 0.6) is 11.5 Å². The number of benzene rings is 1. The van der Waals surface area contributed by atoms with Crippen molar-refractivity contribution in [1.82, 2.24) is 0 Å². The fourth-order valence-corrected chi connectivity index (χ4v) is 2.62. The van der Waals surface area contributed by atoms with Gasteiger partial charge in [0.25, 0.3) is 0 Å². The highest BCUT2D eigenvalue weighted by Gasteiger charge is 2.36. The van der Waals surface area contributed by atoms with E-state index in [1.807, 2.05) is 6.07 Å². The molecule has 0 radical (unpaired) electrons. The van der Waals surface area contributed by atoms with Gasteiger partial charge in [0.05, 0.1) is 32.8 Å². The van der Waals surface area contributed by atoms with Crippen LogP contribution >= 0.6 is 0 Å². The molecule has 0 aromatic heterocycles. The van der Waals surface area contributed by atoms with Crippen molar-refractivity contribution >= 4 is 5.97 Å². The first-order valence-corrected chi connectivity index (χ1v) is 7.07. The van der Waals surface area contributed by atoms with Crippen LogP contribution in [0.4, 0.5) is 0 Å². The third-order valence-electron chi connectivity index (χ3n) is 3.75. The summed E-state index contributed by atoms with van der Waals surface area (Å²) in [5.41, 5.74) is 6.82. The molecule has 1 aliphatic heterocycles. The van der Waals surface area contributed by atoms with Gasteiger partial charge in [0.15, 0.2) is 11.5 Å². The lowest BCUT2D eigenvalue weighted by Crippen LogP contribution is -2.25. The molecule has 0 unspecified atom stereocenters. The second-order valence-electron chi connectivity index (χ2n) is 5.00. The maximum absolute atomic E-state index is 12.2. The molecule has 1 aliphatic rings. The van der Waals surface area contributed by atoms with Gasteiger partial charge in [-0.3, -0.25) is 0 Å². The number of methoxy groups -OCH3 is 3. The summed E-state index contributed by atoms with van der Waals surface area (Å²) in [5, 5.41) is 9.48. The van der Waals surface area contributed by atoms with Crippen molar-refractivity contribution < 1.29 is 23.7 Å². The molecule has 0 spiro atoms. The maximum Gasteiger partial charge on any atom is 0.338 e. The molecule has 1 aromatic rings. The summed E-state index contributed by atoms with van der Waals surface area (Å²) < 4.78 is 20.7. The lowest BCUT2D eigenvalue weighted by Gasteiger charge is -2.27. The molecule has 0 aliphatic carbocycles. The number of hydrogen-bond donors (Lipinski definition) is 1. The minimum atomic E-state index is -0.712. The van der Waals surface area contributed by atoms with Gasteiger partial charge in [-0.1, -0.05) is 6.07 Å². The van der Waals surface area contributed by atoms with Crippen LogP contribution < -0.4 is 15.2 Å².